The Morgan fingerprint density at radius 1 is 1.11 bits per heavy atom. The third-order valence-electron chi connectivity index (χ3n) is 5.00. The minimum atomic E-state index is -0.767. The molecular formula is C26H32N6O3. The third kappa shape index (κ3) is 6.86. The molecule has 0 radical (unpaired) electrons. The monoisotopic (exact) mass is 476 g/mol. The van der Waals surface area contributed by atoms with Crippen molar-refractivity contribution in [1.82, 2.24) is 10.4 Å². The van der Waals surface area contributed by atoms with Crippen LogP contribution in [0.15, 0.2) is 66.9 Å². The van der Waals surface area contributed by atoms with Gasteiger partial charge in [-0.3, -0.25) is 20.6 Å². The van der Waals surface area contributed by atoms with E-state index in [1.165, 1.54) is 0 Å². The Morgan fingerprint density at radius 3 is 2.46 bits per heavy atom. The van der Waals surface area contributed by atoms with Gasteiger partial charge in [-0.15, -0.1) is 0 Å². The van der Waals surface area contributed by atoms with E-state index in [0.717, 1.165) is 0 Å². The number of carbonyl (C=O) groups is 1. The number of ether oxygens (including phenoxy) is 2. The highest BCUT2D eigenvalue weighted by Gasteiger charge is 2.24. The fraction of sp³-hybridized carbons (Fsp3) is 0.269. The molecule has 1 amide bonds. The Morgan fingerprint density at radius 2 is 1.86 bits per heavy atom. The quantitative estimate of drug-likeness (QED) is 0.188. The number of anilines is 2. The van der Waals surface area contributed by atoms with Crippen molar-refractivity contribution in [1.29, 1.82) is 5.41 Å². The predicted octanol–water partition coefficient (Wildman–Crippen LogP) is 3.87. The molecule has 0 spiro atoms. The molecule has 3 rings (SSSR count). The van der Waals surface area contributed by atoms with Crippen LogP contribution in [0.4, 0.5) is 11.5 Å². The van der Waals surface area contributed by atoms with E-state index in [9.17, 15) is 4.79 Å². The molecule has 2 aromatic carbocycles. The normalized spacial score (nSPS) is 11.5. The summed E-state index contributed by atoms with van der Waals surface area (Å²) in [6.45, 7) is 6.24. The Balaban J connectivity index is 1.94. The molecule has 0 bridgehead atoms. The summed E-state index contributed by atoms with van der Waals surface area (Å²) < 4.78 is 11.7. The minimum Gasteiger partial charge on any atom is -0.490 e. The highest BCUT2D eigenvalue weighted by Crippen LogP contribution is 2.33. The van der Waals surface area contributed by atoms with E-state index in [1.54, 1.807) is 48.6 Å². The van der Waals surface area contributed by atoms with Gasteiger partial charge >= 0.3 is 0 Å². The lowest BCUT2D eigenvalue weighted by Gasteiger charge is -2.25. The number of hydrazine groups is 1. The third-order valence-corrected chi connectivity index (χ3v) is 5.00. The zero-order valence-electron chi connectivity index (χ0n) is 20.4. The molecule has 1 unspecified atom stereocenters. The van der Waals surface area contributed by atoms with Crippen molar-refractivity contribution in [2.24, 2.45) is 5.73 Å². The smallest absolute Gasteiger partial charge is 0.265 e. The number of nitrogen functional groups attached to an aromatic ring is 1. The van der Waals surface area contributed by atoms with Crippen molar-refractivity contribution in [2.45, 2.75) is 32.9 Å². The molecule has 5 N–H and O–H groups in total. The van der Waals surface area contributed by atoms with Crippen LogP contribution in [0, 0.1) is 5.41 Å². The number of nitrogens with one attached hydrogen (secondary N) is 3. The van der Waals surface area contributed by atoms with Crippen LogP contribution >= 0.6 is 0 Å². The fourth-order valence-corrected chi connectivity index (χ4v) is 3.38. The van der Waals surface area contributed by atoms with Gasteiger partial charge in [0.1, 0.15) is 17.7 Å². The standard InChI is InChI=1S/C26H32N6O3/c1-5-34-22-16-19(11-14-21(22)35-17(2)3)24(30-20-12-9-18(10-13-20)25(27)28)26(33)31-32(4)23-8-6-7-15-29-23/h6-17,24,30H,5H2,1-4H3,(H3,27,28)(H,31,33). The second-order valence-electron chi connectivity index (χ2n) is 8.10. The number of rotatable bonds is 11. The van der Waals surface area contributed by atoms with Crippen LogP contribution in [0.1, 0.15) is 37.9 Å². The number of pyridine rings is 1. The molecule has 0 aliphatic carbocycles. The molecule has 0 aliphatic rings. The maximum absolute atomic E-state index is 13.5. The van der Waals surface area contributed by atoms with Gasteiger partial charge in [0.25, 0.3) is 5.91 Å². The van der Waals surface area contributed by atoms with E-state index >= 15 is 0 Å². The van der Waals surface area contributed by atoms with Crippen LogP contribution in [0.5, 0.6) is 11.5 Å². The molecule has 35 heavy (non-hydrogen) atoms. The predicted molar refractivity (Wildman–Crippen MR) is 138 cm³/mol. The summed E-state index contributed by atoms with van der Waals surface area (Å²) in [6.07, 6.45) is 1.63. The van der Waals surface area contributed by atoms with Crippen LogP contribution < -0.4 is 31.0 Å². The number of benzene rings is 2. The molecule has 3 aromatic rings. The number of amides is 1. The van der Waals surface area contributed by atoms with Crippen molar-refractivity contribution < 1.29 is 14.3 Å². The molecule has 1 atom stereocenters. The maximum Gasteiger partial charge on any atom is 0.265 e. The highest BCUT2D eigenvalue weighted by atomic mass is 16.5. The van der Waals surface area contributed by atoms with Crippen LogP contribution in [0.2, 0.25) is 0 Å². The fourth-order valence-electron chi connectivity index (χ4n) is 3.38. The van der Waals surface area contributed by atoms with Gasteiger partial charge in [0, 0.05) is 24.5 Å². The lowest BCUT2D eigenvalue weighted by molar-refractivity contribution is -0.122. The van der Waals surface area contributed by atoms with Gasteiger partial charge in [0.2, 0.25) is 0 Å². The number of amidine groups is 1. The van der Waals surface area contributed by atoms with Crippen molar-refractivity contribution in [3.63, 3.8) is 0 Å². The summed E-state index contributed by atoms with van der Waals surface area (Å²) in [5, 5.41) is 12.4. The Labute approximate surface area is 205 Å². The first-order chi connectivity index (χ1) is 16.8. The number of hydrogen-bond donors (Lipinski definition) is 4. The van der Waals surface area contributed by atoms with Gasteiger partial charge in [-0.1, -0.05) is 12.1 Å². The Bertz CT molecular complexity index is 1140. The summed E-state index contributed by atoms with van der Waals surface area (Å²) >= 11 is 0. The zero-order valence-corrected chi connectivity index (χ0v) is 20.4. The molecule has 0 saturated heterocycles. The molecule has 1 heterocycles. The summed E-state index contributed by atoms with van der Waals surface area (Å²) in [5.74, 6) is 1.45. The number of hydrogen-bond acceptors (Lipinski definition) is 7. The van der Waals surface area contributed by atoms with Gasteiger partial charge < -0.3 is 20.5 Å². The largest absolute Gasteiger partial charge is 0.490 e. The van der Waals surface area contributed by atoms with Crippen molar-refractivity contribution in [3.8, 4) is 11.5 Å². The van der Waals surface area contributed by atoms with Crippen molar-refractivity contribution in [2.75, 3.05) is 24.0 Å². The number of nitrogens with zero attached hydrogens (tertiary/aromatic N) is 2. The molecule has 0 aliphatic heterocycles. The Kier molecular flexibility index (Phi) is 8.50. The zero-order chi connectivity index (χ0) is 25.4. The number of carbonyl (C=O) groups excluding carboxylic acids is 1. The highest BCUT2D eigenvalue weighted by molar-refractivity contribution is 5.95. The van der Waals surface area contributed by atoms with Crippen molar-refractivity contribution in [3.05, 3.63) is 78.0 Å². The second kappa shape index (κ2) is 11.7. The van der Waals surface area contributed by atoms with E-state index in [4.69, 9.17) is 20.6 Å². The van der Waals surface area contributed by atoms with Gasteiger partial charge in [0.15, 0.2) is 11.5 Å². The van der Waals surface area contributed by atoms with Crippen LogP contribution in [0.25, 0.3) is 0 Å². The lowest BCUT2D eigenvalue weighted by atomic mass is 10.0. The first-order valence-electron chi connectivity index (χ1n) is 11.4. The molecule has 184 valence electrons. The van der Waals surface area contributed by atoms with E-state index in [-0.39, 0.29) is 17.8 Å². The van der Waals surface area contributed by atoms with Crippen molar-refractivity contribution >= 4 is 23.2 Å². The Hall–Kier alpha value is -4.27. The van der Waals surface area contributed by atoms with Crippen LogP contribution in [-0.2, 0) is 4.79 Å². The van der Waals surface area contributed by atoms with E-state index in [1.807, 2.05) is 51.1 Å². The van der Waals surface area contributed by atoms with Gasteiger partial charge in [-0.25, -0.2) is 4.98 Å². The van der Waals surface area contributed by atoms with Gasteiger partial charge in [-0.2, -0.15) is 0 Å². The lowest BCUT2D eigenvalue weighted by Crippen LogP contribution is -2.44. The number of aromatic nitrogens is 1. The average molecular weight is 477 g/mol. The second-order valence-corrected chi connectivity index (χ2v) is 8.10. The van der Waals surface area contributed by atoms with E-state index in [2.05, 4.69) is 15.7 Å². The first kappa shape index (κ1) is 25.4. The summed E-state index contributed by atoms with van der Waals surface area (Å²) in [5.41, 5.74) is 10.4. The SMILES string of the molecule is CCOc1cc(C(Nc2ccc(C(=N)N)cc2)C(=O)NN(C)c2ccccn2)ccc1OC(C)C. The van der Waals surface area contributed by atoms with Gasteiger partial charge in [0.05, 0.1) is 12.7 Å². The number of nitrogens with two attached hydrogens (primary N) is 1. The molecular weight excluding hydrogens is 444 g/mol. The van der Waals surface area contributed by atoms with Crippen LogP contribution in [0.3, 0.4) is 0 Å². The average Bonchev–Trinajstić information content (AvgIpc) is 2.84. The van der Waals surface area contributed by atoms with Gasteiger partial charge in [-0.05, 0) is 74.9 Å². The topological polar surface area (TPSA) is 126 Å². The molecule has 1 aromatic heterocycles. The molecule has 0 saturated carbocycles. The molecule has 9 heteroatoms. The van der Waals surface area contributed by atoms with E-state index < -0.39 is 6.04 Å². The van der Waals surface area contributed by atoms with Crippen LogP contribution in [-0.4, -0.2) is 36.5 Å². The summed E-state index contributed by atoms with van der Waals surface area (Å²) in [7, 11) is 1.73. The maximum atomic E-state index is 13.5. The van der Waals surface area contributed by atoms with E-state index in [0.29, 0.717) is 40.7 Å². The first-order valence-corrected chi connectivity index (χ1v) is 11.4. The summed E-state index contributed by atoms with van der Waals surface area (Å²) in [6, 6.07) is 17.2. The summed E-state index contributed by atoms with van der Waals surface area (Å²) in [4.78, 5) is 17.7. The molecule has 0 fully saturated rings. The minimum absolute atomic E-state index is 0.0232. The molecule has 9 nitrogen and oxygen atoms in total.